The van der Waals surface area contributed by atoms with Gasteiger partial charge in [-0.1, -0.05) is 34.1 Å². The number of anilines is 2. The van der Waals surface area contributed by atoms with Gasteiger partial charge in [0.25, 0.3) is 15.9 Å². The van der Waals surface area contributed by atoms with Gasteiger partial charge >= 0.3 is 0 Å². The van der Waals surface area contributed by atoms with Crippen molar-refractivity contribution in [1.82, 2.24) is 0 Å². The molecule has 1 amide bonds. The van der Waals surface area contributed by atoms with Crippen LogP contribution in [0.1, 0.15) is 10.4 Å². The van der Waals surface area contributed by atoms with Crippen molar-refractivity contribution in [2.45, 2.75) is 4.90 Å². The Morgan fingerprint density at radius 3 is 2.22 bits per heavy atom. The maximum absolute atomic E-state index is 13.8. The van der Waals surface area contributed by atoms with Crippen LogP contribution in [-0.4, -0.2) is 14.3 Å². The van der Waals surface area contributed by atoms with E-state index in [-0.39, 0.29) is 16.1 Å². The molecule has 0 atom stereocenters. The lowest BCUT2D eigenvalue weighted by molar-refractivity contribution is 0.102. The number of sulfonamides is 1. The quantitative estimate of drug-likeness (QED) is 0.596. The molecule has 27 heavy (non-hydrogen) atoms. The predicted molar refractivity (Wildman–Crippen MR) is 106 cm³/mol. The Morgan fingerprint density at radius 2 is 1.59 bits per heavy atom. The molecule has 3 rings (SSSR count). The zero-order valence-corrected chi connectivity index (χ0v) is 16.2. The van der Waals surface area contributed by atoms with Crippen LogP contribution in [0.2, 0.25) is 0 Å². The van der Waals surface area contributed by atoms with E-state index in [4.69, 9.17) is 0 Å². The van der Waals surface area contributed by atoms with E-state index in [1.807, 2.05) is 0 Å². The Balaban J connectivity index is 1.75. The molecule has 0 saturated heterocycles. The van der Waals surface area contributed by atoms with E-state index in [0.29, 0.717) is 10.2 Å². The van der Waals surface area contributed by atoms with Gasteiger partial charge in [-0.05, 0) is 54.6 Å². The van der Waals surface area contributed by atoms with Gasteiger partial charge in [-0.15, -0.1) is 0 Å². The zero-order chi connectivity index (χ0) is 19.4. The molecule has 0 bridgehead atoms. The molecule has 138 valence electrons. The Hall–Kier alpha value is -2.71. The smallest absolute Gasteiger partial charge is 0.261 e. The van der Waals surface area contributed by atoms with Crippen molar-refractivity contribution in [1.29, 1.82) is 0 Å². The molecular weight excluding hydrogens is 435 g/mol. The van der Waals surface area contributed by atoms with Gasteiger partial charge in [-0.25, -0.2) is 12.8 Å². The van der Waals surface area contributed by atoms with Gasteiger partial charge in [0.2, 0.25) is 0 Å². The maximum Gasteiger partial charge on any atom is 0.261 e. The molecule has 0 radical (unpaired) electrons. The molecule has 3 aromatic rings. The van der Waals surface area contributed by atoms with Gasteiger partial charge in [-0.2, -0.15) is 0 Å². The van der Waals surface area contributed by atoms with E-state index in [2.05, 4.69) is 26.0 Å². The number of nitrogens with one attached hydrogen (secondary N) is 2. The van der Waals surface area contributed by atoms with Crippen LogP contribution in [0.5, 0.6) is 0 Å². The standard InChI is InChI=1S/C19H14BrFN2O3S/c20-14-8-11-18(17(21)12-14)22-19(24)13-6-9-16(10-7-13)27(25,26)23-15-4-2-1-3-5-15/h1-12,23H,(H,22,24). The number of halogens is 2. The highest BCUT2D eigenvalue weighted by molar-refractivity contribution is 9.10. The third kappa shape index (κ3) is 4.72. The largest absolute Gasteiger partial charge is 0.319 e. The summed E-state index contributed by atoms with van der Waals surface area (Å²) in [6.07, 6.45) is 0. The zero-order valence-electron chi connectivity index (χ0n) is 13.8. The Bertz CT molecular complexity index is 1070. The van der Waals surface area contributed by atoms with E-state index >= 15 is 0 Å². The van der Waals surface area contributed by atoms with Crippen molar-refractivity contribution in [2.24, 2.45) is 0 Å². The fraction of sp³-hybridized carbons (Fsp3) is 0. The van der Waals surface area contributed by atoms with Crippen LogP contribution in [0.25, 0.3) is 0 Å². The number of hydrogen-bond donors (Lipinski definition) is 2. The summed E-state index contributed by atoms with van der Waals surface area (Å²) in [5.74, 6) is -1.12. The number of hydrogen-bond acceptors (Lipinski definition) is 3. The number of carbonyl (C=O) groups is 1. The summed E-state index contributed by atoms with van der Waals surface area (Å²) in [7, 11) is -3.77. The van der Waals surface area contributed by atoms with E-state index in [9.17, 15) is 17.6 Å². The van der Waals surface area contributed by atoms with Crippen LogP contribution >= 0.6 is 15.9 Å². The first-order valence-corrected chi connectivity index (χ1v) is 10.1. The van der Waals surface area contributed by atoms with Gasteiger partial charge in [0.1, 0.15) is 5.82 Å². The third-order valence-corrected chi connectivity index (χ3v) is 5.52. The lowest BCUT2D eigenvalue weighted by Crippen LogP contribution is -2.15. The van der Waals surface area contributed by atoms with Crippen molar-refractivity contribution in [3.05, 3.63) is 88.6 Å². The fourth-order valence-corrected chi connectivity index (χ4v) is 3.68. The van der Waals surface area contributed by atoms with Crippen molar-refractivity contribution in [3.8, 4) is 0 Å². The van der Waals surface area contributed by atoms with Crippen molar-refractivity contribution < 1.29 is 17.6 Å². The molecule has 0 heterocycles. The van der Waals surface area contributed by atoms with Crippen LogP contribution in [0.4, 0.5) is 15.8 Å². The van der Waals surface area contributed by atoms with E-state index in [1.165, 1.54) is 36.4 Å². The molecule has 3 aromatic carbocycles. The number of benzene rings is 3. The summed E-state index contributed by atoms with van der Waals surface area (Å²) in [5.41, 5.74) is 0.673. The van der Waals surface area contributed by atoms with E-state index < -0.39 is 21.7 Å². The highest BCUT2D eigenvalue weighted by Gasteiger charge is 2.16. The number of carbonyl (C=O) groups excluding carboxylic acids is 1. The molecule has 0 spiro atoms. The first-order valence-electron chi connectivity index (χ1n) is 7.79. The number of para-hydroxylation sites is 1. The lowest BCUT2D eigenvalue weighted by Gasteiger charge is -2.09. The lowest BCUT2D eigenvalue weighted by atomic mass is 10.2. The minimum atomic E-state index is -3.77. The average Bonchev–Trinajstić information content (AvgIpc) is 2.64. The van der Waals surface area contributed by atoms with Crippen LogP contribution in [0, 0.1) is 5.82 Å². The average molecular weight is 449 g/mol. The first-order chi connectivity index (χ1) is 12.8. The second-order valence-electron chi connectivity index (χ2n) is 5.57. The Morgan fingerprint density at radius 1 is 0.926 bits per heavy atom. The summed E-state index contributed by atoms with van der Waals surface area (Å²) >= 11 is 3.14. The molecule has 8 heteroatoms. The van der Waals surface area contributed by atoms with Gasteiger partial charge < -0.3 is 5.32 Å². The predicted octanol–water partition coefficient (Wildman–Crippen LogP) is 4.64. The maximum atomic E-state index is 13.8. The van der Waals surface area contributed by atoms with E-state index in [0.717, 1.165) is 0 Å². The molecule has 0 aliphatic heterocycles. The van der Waals surface area contributed by atoms with Crippen LogP contribution in [0.15, 0.2) is 82.2 Å². The van der Waals surface area contributed by atoms with Crippen LogP contribution in [-0.2, 0) is 10.0 Å². The molecule has 5 nitrogen and oxygen atoms in total. The van der Waals surface area contributed by atoms with Crippen LogP contribution < -0.4 is 10.0 Å². The van der Waals surface area contributed by atoms with Gasteiger partial charge in [0.15, 0.2) is 0 Å². The summed E-state index contributed by atoms with van der Waals surface area (Å²) in [6, 6.07) is 18.1. The van der Waals surface area contributed by atoms with Crippen molar-refractivity contribution in [3.63, 3.8) is 0 Å². The summed E-state index contributed by atoms with van der Waals surface area (Å²) in [6.45, 7) is 0. The second kappa shape index (κ2) is 7.89. The monoisotopic (exact) mass is 448 g/mol. The molecule has 0 unspecified atom stereocenters. The van der Waals surface area contributed by atoms with Crippen molar-refractivity contribution in [2.75, 3.05) is 10.0 Å². The van der Waals surface area contributed by atoms with Gasteiger partial charge in [0.05, 0.1) is 10.6 Å². The third-order valence-electron chi connectivity index (χ3n) is 3.63. The molecule has 0 saturated carbocycles. The second-order valence-corrected chi connectivity index (χ2v) is 8.17. The normalized spacial score (nSPS) is 11.0. The molecule has 0 aliphatic carbocycles. The van der Waals surface area contributed by atoms with Gasteiger partial charge in [0, 0.05) is 15.7 Å². The molecular formula is C19H14BrFN2O3S. The molecule has 0 fully saturated rings. The number of rotatable bonds is 5. The Labute approximate surface area is 164 Å². The topological polar surface area (TPSA) is 75.3 Å². The minimum Gasteiger partial charge on any atom is -0.319 e. The van der Waals surface area contributed by atoms with Crippen LogP contribution in [0.3, 0.4) is 0 Å². The van der Waals surface area contributed by atoms with E-state index in [1.54, 1.807) is 36.4 Å². The number of amides is 1. The Kier molecular flexibility index (Phi) is 5.57. The molecule has 0 aliphatic rings. The summed E-state index contributed by atoms with van der Waals surface area (Å²) in [5, 5.41) is 2.45. The first kappa shape index (κ1) is 19.1. The molecule has 2 N–H and O–H groups in total. The highest BCUT2D eigenvalue weighted by atomic mass is 79.9. The minimum absolute atomic E-state index is 0.0118. The SMILES string of the molecule is O=C(Nc1ccc(Br)cc1F)c1ccc(S(=O)(=O)Nc2ccccc2)cc1. The molecule has 0 aromatic heterocycles. The summed E-state index contributed by atoms with van der Waals surface area (Å²) in [4.78, 5) is 12.3. The highest BCUT2D eigenvalue weighted by Crippen LogP contribution is 2.21. The van der Waals surface area contributed by atoms with Crippen molar-refractivity contribution >= 4 is 43.2 Å². The summed E-state index contributed by atoms with van der Waals surface area (Å²) < 4.78 is 41.6. The fourth-order valence-electron chi connectivity index (χ4n) is 2.29. The van der Waals surface area contributed by atoms with Gasteiger partial charge in [-0.3, -0.25) is 9.52 Å².